The van der Waals surface area contributed by atoms with Gasteiger partial charge in [0.1, 0.15) is 5.54 Å². The zero-order valence-electron chi connectivity index (χ0n) is 13.7. The lowest BCUT2D eigenvalue weighted by Crippen LogP contribution is -2.50. The highest BCUT2D eigenvalue weighted by atomic mass is 16.5. The molecule has 1 aromatic carbocycles. The molecule has 0 bridgehead atoms. The summed E-state index contributed by atoms with van der Waals surface area (Å²) in [6, 6.07) is 5.45. The van der Waals surface area contributed by atoms with Gasteiger partial charge in [-0.2, -0.15) is 0 Å². The number of benzene rings is 1. The molecule has 22 heavy (non-hydrogen) atoms. The maximum absolute atomic E-state index is 12.2. The lowest BCUT2D eigenvalue weighted by molar-refractivity contribution is -0.155. The number of aryl methyl sites for hydroxylation is 1. The van der Waals surface area contributed by atoms with E-state index in [2.05, 4.69) is 0 Å². The SMILES string of the molecule is COc1ccc(CCC(=O)N(C)C(C)(C)C(=O)O)cc1OC. The largest absolute Gasteiger partial charge is 0.493 e. The van der Waals surface area contributed by atoms with Crippen LogP contribution in [0.15, 0.2) is 18.2 Å². The van der Waals surface area contributed by atoms with E-state index in [-0.39, 0.29) is 12.3 Å². The van der Waals surface area contributed by atoms with E-state index >= 15 is 0 Å². The minimum atomic E-state index is -1.23. The van der Waals surface area contributed by atoms with Crippen molar-refractivity contribution >= 4 is 11.9 Å². The maximum Gasteiger partial charge on any atom is 0.329 e. The number of carbonyl (C=O) groups excluding carboxylic acids is 1. The molecule has 0 radical (unpaired) electrons. The fourth-order valence-corrected chi connectivity index (χ4v) is 1.91. The highest BCUT2D eigenvalue weighted by molar-refractivity contribution is 5.86. The molecule has 1 amide bonds. The molecule has 0 heterocycles. The second-order valence-electron chi connectivity index (χ2n) is 5.51. The van der Waals surface area contributed by atoms with Gasteiger partial charge in [0.2, 0.25) is 5.91 Å². The van der Waals surface area contributed by atoms with Crippen LogP contribution in [0.2, 0.25) is 0 Å². The van der Waals surface area contributed by atoms with E-state index in [9.17, 15) is 9.59 Å². The van der Waals surface area contributed by atoms with Gasteiger partial charge in [0.05, 0.1) is 14.2 Å². The van der Waals surface area contributed by atoms with Crippen molar-refractivity contribution < 1.29 is 24.2 Å². The number of carbonyl (C=O) groups is 2. The number of methoxy groups -OCH3 is 2. The Balaban J connectivity index is 2.74. The molecule has 0 aliphatic heterocycles. The number of amides is 1. The number of rotatable bonds is 7. The summed E-state index contributed by atoms with van der Waals surface area (Å²) in [6.45, 7) is 3.01. The second kappa shape index (κ2) is 7.15. The molecule has 6 heteroatoms. The number of ether oxygens (including phenoxy) is 2. The van der Waals surface area contributed by atoms with Crippen molar-refractivity contribution in [2.45, 2.75) is 32.2 Å². The molecule has 122 valence electrons. The quantitative estimate of drug-likeness (QED) is 0.833. The molecule has 0 spiro atoms. The number of hydrogen-bond acceptors (Lipinski definition) is 4. The summed E-state index contributed by atoms with van der Waals surface area (Å²) in [6.07, 6.45) is 0.724. The second-order valence-corrected chi connectivity index (χ2v) is 5.51. The first kappa shape index (κ1) is 17.8. The molecular formula is C16H23NO5. The van der Waals surface area contributed by atoms with Crippen molar-refractivity contribution in [3.63, 3.8) is 0 Å². The van der Waals surface area contributed by atoms with E-state index in [1.165, 1.54) is 25.8 Å². The highest BCUT2D eigenvalue weighted by Gasteiger charge is 2.34. The summed E-state index contributed by atoms with van der Waals surface area (Å²) in [5, 5.41) is 9.15. The summed E-state index contributed by atoms with van der Waals surface area (Å²) in [4.78, 5) is 24.6. The van der Waals surface area contributed by atoms with Crippen LogP contribution in [0.4, 0.5) is 0 Å². The molecule has 0 saturated heterocycles. The first-order valence-electron chi connectivity index (χ1n) is 6.95. The zero-order chi connectivity index (χ0) is 16.9. The van der Waals surface area contributed by atoms with Crippen molar-refractivity contribution in [3.8, 4) is 11.5 Å². The first-order valence-corrected chi connectivity index (χ1v) is 6.95. The molecule has 0 fully saturated rings. The summed E-state index contributed by atoms with van der Waals surface area (Å²) < 4.78 is 10.4. The maximum atomic E-state index is 12.2. The van der Waals surface area contributed by atoms with Crippen molar-refractivity contribution in [1.82, 2.24) is 4.90 Å². The number of carboxylic acid groups (broad SMARTS) is 1. The van der Waals surface area contributed by atoms with Crippen LogP contribution in [-0.4, -0.2) is 48.7 Å². The fraction of sp³-hybridized carbons (Fsp3) is 0.500. The average Bonchev–Trinajstić information content (AvgIpc) is 2.51. The van der Waals surface area contributed by atoms with Crippen LogP contribution in [-0.2, 0) is 16.0 Å². The third-order valence-electron chi connectivity index (χ3n) is 3.81. The van der Waals surface area contributed by atoms with Gasteiger partial charge in [-0.25, -0.2) is 4.79 Å². The molecule has 0 aliphatic carbocycles. The third kappa shape index (κ3) is 3.90. The van der Waals surface area contributed by atoms with E-state index in [1.807, 2.05) is 12.1 Å². The lowest BCUT2D eigenvalue weighted by atomic mass is 10.0. The fourth-order valence-electron chi connectivity index (χ4n) is 1.91. The molecular weight excluding hydrogens is 286 g/mol. The lowest BCUT2D eigenvalue weighted by Gasteiger charge is -2.31. The Kier molecular flexibility index (Phi) is 5.79. The summed E-state index contributed by atoms with van der Waals surface area (Å²) in [5.41, 5.74) is -0.304. The normalized spacial score (nSPS) is 11.0. The average molecular weight is 309 g/mol. The van der Waals surface area contributed by atoms with Gasteiger partial charge >= 0.3 is 5.97 Å². The van der Waals surface area contributed by atoms with E-state index in [4.69, 9.17) is 14.6 Å². The Morgan fingerprint density at radius 3 is 2.27 bits per heavy atom. The molecule has 1 rings (SSSR count). The van der Waals surface area contributed by atoms with Gasteiger partial charge in [-0.3, -0.25) is 4.79 Å². The van der Waals surface area contributed by atoms with E-state index in [0.717, 1.165) is 5.56 Å². The van der Waals surface area contributed by atoms with Crippen molar-refractivity contribution in [1.29, 1.82) is 0 Å². The van der Waals surface area contributed by atoms with Gasteiger partial charge < -0.3 is 19.5 Å². The number of aliphatic carboxylic acids is 1. The predicted octanol–water partition coefficient (Wildman–Crippen LogP) is 1.96. The van der Waals surface area contributed by atoms with Gasteiger partial charge in [-0.1, -0.05) is 6.07 Å². The molecule has 0 saturated carbocycles. The summed E-state index contributed by atoms with van der Waals surface area (Å²) >= 11 is 0. The minimum absolute atomic E-state index is 0.220. The Labute approximate surface area is 130 Å². The van der Waals surface area contributed by atoms with E-state index in [0.29, 0.717) is 17.9 Å². The van der Waals surface area contributed by atoms with Gasteiger partial charge in [-0.05, 0) is 38.0 Å². The van der Waals surface area contributed by atoms with Crippen LogP contribution in [0.3, 0.4) is 0 Å². The monoisotopic (exact) mass is 309 g/mol. The number of hydrogen-bond donors (Lipinski definition) is 1. The van der Waals surface area contributed by atoms with Crippen LogP contribution in [0.5, 0.6) is 11.5 Å². The molecule has 0 atom stereocenters. The van der Waals surface area contributed by atoms with Gasteiger partial charge in [0, 0.05) is 13.5 Å². The Morgan fingerprint density at radius 2 is 1.77 bits per heavy atom. The first-order chi connectivity index (χ1) is 10.2. The van der Waals surface area contributed by atoms with Crippen LogP contribution in [0.1, 0.15) is 25.8 Å². The van der Waals surface area contributed by atoms with Crippen molar-refractivity contribution in [2.75, 3.05) is 21.3 Å². The molecule has 0 unspecified atom stereocenters. The molecule has 1 aromatic rings. The number of likely N-dealkylation sites (N-methyl/N-ethyl adjacent to an activating group) is 1. The summed E-state index contributed by atoms with van der Waals surface area (Å²) in [7, 11) is 4.62. The van der Waals surface area contributed by atoms with Crippen LogP contribution in [0, 0.1) is 0 Å². The smallest absolute Gasteiger partial charge is 0.329 e. The Bertz CT molecular complexity index is 553. The third-order valence-corrected chi connectivity index (χ3v) is 3.81. The molecule has 0 aromatic heterocycles. The molecule has 6 nitrogen and oxygen atoms in total. The molecule has 0 aliphatic rings. The predicted molar refractivity (Wildman–Crippen MR) is 82.4 cm³/mol. The Morgan fingerprint density at radius 1 is 1.18 bits per heavy atom. The number of nitrogens with zero attached hydrogens (tertiary/aromatic N) is 1. The van der Waals surface area contributed by atoms with E-state index in [1.54, 1.807) is 20.3 Å². The summed E-state index contributed by atoms with van der Waals surface area (Å²) in [5.74, 6) is -0.0231. The van der Waals surface area contributed by atoms with Crippen molar-refractivity contribution in [2.24, 2.45) is 0 Å². The Hall–Kier alpha value is -2.24. The van der Waals surface area contributed by atoms with Crippen LogP contribution < -0.4 is 9.47 Å². The van der Waals surface area contributed by atoms with Gasteiger partial charge in [0.25, 0.3) is 0 Å². The minimum Gasteiger partial charge on any atom is -0.493 e. The standard InChI is InChI=1S/C16H23NO5/c1-16(2,15(19)20)17(3)14(18)9-7-11-6-8-12(21-4)13(10-11)22-5/h6,8,10H,7,9H2,1-5H3,(H,19,20). The zero-order valence-corrected chi connectivity index (χ0v) is 13.7. The van der Waals surface area contributed by atoms with Crippen LogP contribution in [0.25, 0.3) is 0 Å². The van der Waals surface area contributed by atoms with E-state index < -0.39 is 11.5 Å². The van der Waals surface area contributed by atoms with Crippen molar-refractivity contribution in [3.05, 3.63) is 23.8 Å². The topological polar surface area (TPSA) is 76.1 Å². The molecule has 1 N–H and O–H groups in total. The number of carboxylic acids is 1. The highest BCUT2D eigenvalue weighted by Crippen LogP contribution is 2.28. The van der Waals surface area contributed by atoms with Crippen LogP contribution >= 0.6 is 0 Å². The van der Waals surface area contributed by atoms with Gasteiger partial charge in [0.15, 0.2) is 11.5 Å². The van der Waals surface area contributed by atoms with Gasteiger partial charge in [-0.15, -0.1) is 0 Å².